The number of unbranched alkanes of at least 4 members (excludes halogenated alkanes) is 1. The van der Waals surface area contributed by atoms with E-state index in [1.54, 1.807) is 10.9 Å². The Morgan fingerprint density at radius 2 is 1.90 bits per heavy atom. The lowest BCUT2D eigenvalue weighted by atomic mass is 9.89. The van der Waals surface area contributed by atoms with Crippen LogP contribution >= 0.6 is 8.58 Å². The minimum atomic E-state index is 0.985. The molecule has 1 heteroatoms. The first-order valence-electron chi connectivity index (χ1n) is 11.5. The molecule has 1 aliphatic rings. The number of rotatable bonds is 9. The molecular weight excluding hydrogens is 367 g/mol. The fourth-order valence-electron chi connectivity index (χ4n) is 4.63. The highest BCUT2D eigenvalue weighted by molar-refractivity contribution is 7.47. The molecule has 3 rings (SSSR count). The summed E-state index contributed by atoms with van der Waals surface area (Å²) in [6.45, 7) is 13.3. The average Bonchev–Trinajstić information content (AvgIpc) is 3.19. The van der Waals surface area contributed by atoms with Crippen LogP contribution in [0.3, 0.4) is 0 Å². The molecule has 0 N–H and O–H groups in total. The second-order valence-electron chi connectivity index (χ2n) is 8.29. The summed E-state index contributed by atoms with van der Waals surface area (Å²) in [4.78, 5) is 0. The van der Waals surface area contributed by atoms with Crippen LogP contribution in [0, 0.1) is 0 Å². The first-order chi connectivity index (χ1) is 14.1. The number of hydrogen-bond donors (Lipinski definition) is 0. The van der Waals surface area contributed by atoms with E-state index in [4.69, 9.17) is 0 Å². The van der Waals surface area contributed by atoms with Crippen LogP contribution in [0.1, 0.15) is 85.9 Å². The molecule has 1 unspecified atom stereocenters. The highest BCUT2D eigenvalue weighted by Crippen LogP contribution is 2.32. The third-order valence-corrected chi connectivity index (χ3v) is 7.55. The topological polar surface area (TPSA) is 0 Å². The molecule has 1 aliphatic heterocycles. The normalized spacial score (nSPS) is 14.4. The van der Waals surface area contributed by atoms with Gasteiger partial charge in [0.05, 0.1) is 0 Å². The summed E-state index contributed by atoms with van der Waals surface area (Å²) < 4.78 is 0. The molecule has 1 atom stereocenters. The number of fused-ring (bicyclic) bond motifs is 1. The Bertz CT molecular complexity index is 901. The van der Waals surface area contributed by atoms with Crippen LogP contribution in [0.5, 0.6) is 0 Å². The Kier molecular flexibility index (Phi) is 7.91. The van der Waals surface area contributed by atoms with E-state index in [0.29, 0.717) is 0 Å². The molecule has 0 amide bonds. The van der Waals surface area contributed by atoms with Gasteiger partial charge in [-0.15, -0.1) is 0 Å². The Morgan fingerprint density at radius 1 is 1.07 bits per heavy atom. The zero-order chi connectivity index (χ0) is 20.8. The Morgan fingerprint density at radius 3 is 2.59 bits per heavy atom. The van der Waals surface area contributed by atoms with Crippen LogP contribution in [-0.4, -0.2) is 6.16 Å². The Labute approximate surface area is 180 Å². The van der Waals surface area contributed by atoms with Gasteiger partial charge >= 0.3 is 0 Å². The predicted molar refractivity (Wildman–Crippen MR) is 135 cm³/mol. The summed E-state index contributed by atoms with van der Waals surface area (Å²) in [5.41, 5.74) is 11.6. The summed E-state index contributed by atoms with van der Waals surface area (Å²) in [6, 6.07) is 9.66. The number of benzene rings is 2. The van der Waals surface area contributed by atoms with E-state index in [1.165, 1.54) is 77.2 Å². The van der Waals surface area contributed by atoms with Gasteiger partial charge in [0.2, 0.25) is 0 Å². The summed E-state index contributed by atoms with van der Waals surface area (Å²) in [5, 5.41) is 1.60. The van der Waals surface area contributed by atoms with E-state index in [0.717, 1.165) is 21.4 Å². The summed E-state index contributed by atoms with van der Waals surface area (Å²) >= 11 is 0. The van der Waals surface area contributed by atoms with Crippen molar-refractivity contribution in [3.8, 4) is 0 Å². The van der Waals surface area contributed by atoms with Crippen molar-refractivity contribution < 1.29 is 0 Å². The fourth-order valence-corrected chi connectivity index (χ4v) is 5.96. The van der Waals surface area contributed by atoms with Gasteiger partial charge in [-0.2, -0.15) is 0 Å². The molecule has 2 aromatic carbocycles. The molecule has 0 spiro atoms. The van der Waals surface area contributed by atoms with Crippen LogP contribution in [0.25, 0.3) is 17.7 Å². The van der Waals surface area contributed by atoms with Crippen LogP contribution in [0.2, 0.25) is 0 Å². The van der Waals surface area contributed by atoms with Crippen LogP contribution < -0.4 is 5.30 Å². The van der Waals surface area contributed by atoms with Gasteiger partial charge < -0.3 is 0 Å². The van der Waals surface area contributed by atoms with Gasteiger partial charge in [0.1, 0.15) is 0 Å². The molecule has 0 aliphatic carbocycles. The Hall–Kier alpha value is -1.65. The molecule has 1 heterocycles. The summed E-state index contributed by atoms with van der Waals surface area (Å²) in [5.74, 6) is 0. The van der Waals surface area contributed by atoms with Crippen molar-refractivity contribution in [1.29, 1.82) is 0 Å². The van der Waals surface area contributed by atoms with Crippen molar-refractivity contribution in [3.05, 3.63) is 69.8 Å². The van der Waals surface area contributed by atoms with Gasteiger partial charge in [0.15, 0.2) is 0 Å². The van der Waals surface area contributed by atoms with E-state index >= 15 is 0 Å². The summed E-state index contributed by atoms with van der Waals surface area (Å²) in [7, 11) is 0.985. The molecule has 0 saturated carbocycles. The standard InChI is InChI=1S/C28H37P/c1-6-10-12-26-21(8-3)13-14-23(25(26)9-4)17-20(5)27-19-28-24(15-16-29-28)18-22(27)11-7-2/h9,13-14,17-19,29H,4,6-8,10-12,15-16H2,1-3,5H3/b20-17+. The van der Waals surface area contributed by atoms with Crippen molar-refractivity contribution in [2.24, 2.45) is 0 Å². The zero-order valence-corrected chi connectivity index (χ0v) is 19.8. The SMILES string of the molecule is C=Cc1c(/C=C(\C)c2cc3c(cc2CCC)CCP3)ccc(CC)c1CCCC. The van der Waals surface area contributed by atoms with Crippen molar-refractivity contribution in [2.45, 2.75) is 72.6 Å². The second-order valence-corrected chi connectivity index (χ2v) is 9.68. The fraction of sp³-hybridized carbons (Fsp3) is 0.429. The lowest BCUT2D eigenvalue weighted by molar-refractivity contribution is 0.786. The van der Waals surface area contributed by atoms with E-state index in [2.05, 4.69) is 70.7 Å². The lowest BCUT2D eigenvalue weighted by Gasteiger charge is -2.17. The van der Waals surface area contributed by atoms with Gasteiger partial charge in [-0.1, -0.05) is 79.1 Å². The monoisotopic (exact) mass is 404 g/mol. The quantitative estimate of drug-likeness (QED) is 0.298. The lowest BCUT2D eigenvalue weighted by Crippen LogP contribution is -2.04. The third-order valence-electron chi connectivity index (χ3n) is 6.21. The first-order valence-corrected chi connectivity index (χ1v) is 12.7. The largest absolute Gasteiger partial charge is 0.0984 e. The van der Waals surface area contributed by atoms with Gasteiger partial charge in [-0.25, -0.2) is 0 Å². The van der Waals surface area contributed by atoms with Crippen LogP contribution in [0.4, 0.5) is 0 Å². The molecule has 0 saturated heterocycles. The van der Waals surface area contributed by atoms with Crippen molar-refractivity contribution in [1.82, 2.24) is 0 Å². The summed E-state index contributed by atoms with van der Waals surface area (Å²) in [6.07, 6.45) is 14.2. The second kappa shape index (κ2) is 10.4. The van der Waals surface area contributed by atoms with Gasteiger partial charge in [-0.05, 0) is 101 Å². The third kappa shape index (κ3) is 4.92. The van der Waals surface area contributed by atoms with E-state index in [9.17, 15) is 0 Å². The molecule has 0 nitrogen and oxygen atoms in total. The smallest absolute Gasteiger partial charge is 0.0155 e. The van der Waals surface area contributed by atoms with Gasteiger partial charge in [0.25, 0.3) is 0 Å². The number of allylic oxidation sites excluding steroid dienone is 1. The maximum atomic E-state index is 4.18. The van der Waals surface area contributed by atoms with E-state index in [1.807, 2.05) is 0 Å². The maximum absolute atomic E-state index is 4.18. The number of aryl methyl sites for hydroxylation is 3. The van der Waals surface area contributed by atoms with Gasteiger partial charge in [0, 0.05) is 0 Å². The van der Waals surface area contributed by atoms with E-state index < -0.39 is 0 Å². The number of hydrogen-bond acceptors (Lipinski definition) is 0. The van der Waals surface area contributed by atoms with Crippen LogP contribution in [-0.2, 0) is 25.7 Å². The molecular formula is C28H37P. The minimum Gasteiger partial charge on any atom is -0.0984 e. The van der Waals surface area contributed by atoms with Gasteiger partial charge in [-0.3, -0.25) is 0 Å². The highest BCUT2D eigenvalue weighted by atomic mass is 31.1. The van der Waals surface area contributed by atoms with E-state index in [-0.39, 0.29) is 0 Å². The molecule has 154 valence electrons. The minimum absolute atomic E-state index is 0.985. The average molecular weight is 405 g/mol. The Balaban J connectivity index is 2.07. The van der Waals surface area contributed by atoms with Crippen molar-refractivity contribution >= 4 is 31.6 Å². The maximum Gasteiger partial charge on any atom is -0.0155 e. The zero-order valence-electron chi connectivity index (χ0n) is 18.8. The first kappa shape index (κ1) is 22.0. The molecule has 0 fully saturated rings. The molecule has 0 aromatic heterocycles. The molecule has 2 aromatic rings. The molecule has 0 bridgehead atoms. The molecule has 29 heavy (non-hydrogen) atoms. The van der Waals surface area contributed by atoms with Crippen LogP contribution in [0.15, 0.2) is 30.8 Å². The predicted octanol–water partition coefficient (Wildman–Crippen LogP) is 7.61. The van der Waals surface area contributed by atoms with Crippen molar-refractivity contribution in [3.63, 3.8) is 0 Å². The molecule has 0 radical (unpaired) electrons. The van der Waals surface area contributed by atoms with Crippen molar-refractivity contribution in [2.75, 3.05) is 6.16 Å². The highest BCUT2D eigenvalue weighted by Gasteiger charge is 2.16.